The Morgan fingerprint density at radius 3 is 2.67 bits per heavy atom. The lowest BCUT2D eigenvalue weighted by Crippen LogP contribution is -2.72. The number of rotatable bonds is 2. The second kappa shape index (κ2) is 2.71. The molecule has 2 nitrogen and oxygen atoms in total. The van der Waals surface area contributed by atoms with Gasteiger partial charge in [-0.05, 0) is 32.1 Å². The number of hydrogen-bond acceptors (Lipinski definition) is 2. The van der Waals surface area contributed by atoms with Crippen molar-refractivity contribution in [3.8, 4) is 0 Å². The molecule has 2 saturated heterocycles. The van der Waals surface area contributed by atoms with E-state index in [4.69, 9.17) is 4.74 Å². The molecule has 3 aliphatic rings. The van der Waals surface area contributed by atoms with Crippen LogP contribution in [0.3, 0.4) is 0 Å². The zero-order valence-electron chi connectivity index (χ0n) is 8.26. The highest BCUT2D eigenvalue weighted by Crippen LogP contribution is 2.43. The summed E-state index contributed by atoms with van der Waals surface area (Å²) in [7, 11) is 1.81. The molecule has 0 aromatic heterocycles. The van der Waals surface area contributed by atoms with Crippen molar-refractivity contribution >= 4 is 0 Å². The third-order valence-corrected chi connectivity index (χ3v) is 3.63. The van der Waals surface area contributed by atoms with Gasteiger partial charge in [-0.3, -0.25) is 0 Å². The van der Waals surface area contributed by atoms with Crippen LogP contribution in [-0.4, -0.2) is 24.8 Å². The van der Waals surface area contributed by atoms with E-state index in [1.165, 1.54) is 19.3 Å². The number of hydrogen-bond donors (Lipinski definition) is 1. The lowest BCUT2D eigenvalue weighted by Gasteiger charge is -2.58. The molecule has 2 aliphatic heterocycles. The molecule has 3 rings (SSSR count). The molecule has 1 saturated carbocycles. The van der Waals surface area contributed by atoms with Gasteiger partial charge in [-0.2, -0.15) is 0 Å². The number of fused-ring (bicyclic) bond motifs is 2. The summed E-state index contributed by atoms with van der Waals surface area (Å²) in [6, 6.07) is 0.784. The van der Waals surface area contributed by atoms with E-state index in [0.717, 1.165) is 12.0 Å². The normalized spacial score (nSPS) is 48.2. The van der Waals surface area contributed by atoms with Gasteiger partial charge in [0.25, 0.3) is 0 Å². The molecule has 0 spiro atoms. The SMILES string of the molecule is COC(C)C12CC(C[C@@H](C)C1)N2. The van der Waals surface area contributed by atoms with E-state index in [2.05, 4.69) is 19.2 Å². The van der Waals surface area contributed by atoms with E-state index in [1.807, 2.05) is 7.11 Å². The van der Waals surface area contributed by atoms with E-state index in [9.17, 15) is 0 Å². The third-order valence-electron chi connectivity index (χ3n) is 3.63. The lowest BCUT2D eigenvalue weighted by atomic mass is 9.64. The molecular formula is C10H19NO. The highest BCUT2D eigenvalue weighted by Gasteiger charge is 2.52. The second-order valence-corrected chi connectivity index (χ2v) is 4.62. The lowest BCUT2D eigenvalue weighted by molar-refractivity contribution is -0.0700. The Labute approximate surface area is 74.7 Å². The molecule has 4 atom stereocenters. The predicted molar refractivity (Wildman–Crippen MR) is 49.1 cm³/mol. The largest absolute Gasteiger partial charge is 0.380 e. The quantitative estimate of drug-likeness (QED) is 0.677. The molecule has 3 fully saturated rings. The van der Waals surface area contributed by atoms with Gasteiger partial charge in [-0.25, -0.2) is 0 Å². The first kappa shape index (κ1) is 8.52. The van der Waals surface area contributed by atoms with E-state index in [0.29, 0.717) is 11.6 Å². The Balaban J connectivity index is 2.03. The Morgan fingerprint density at radius 1 is 1.50 bits per heavy atom. The molecule has 12 heavy (non-hydrogen) atoms. The summed E-state index contributed by atoms with van der Waals surface area (Å²) in [4.78, 5) is 0. The van der Waals surface area contributed by atoms with Crippen LogP contribution in [0.15, 0.2) is 0 Å². The minimum atomic E-state index is 0.330. The Morgan fingerprint density at radius 2 is 2.17 bits per heavy atom. The van der Waals surface area contributed by atoms with Crippen LogP contribution in [0, 0.1) is 5.92 Å². The van der Waals surface area contributed by atoms with Gasteiger partial charge in [0.1, 0.15) is 0 Å². The summed E-state index contributed by atoms with van der Waals surface area (Å²) in [6.07, 6.45) is 4.35. The Bertz CT molecular complexity index is 175. The number of piperidine rings is 1. The molecule has 2 heteroatoms. The summed E-state index contributed by atoms with van der Waals surface area (Å²) in [5.41, 5.74) is 0.330. The molecule has 2 bridgehead atoms. The highest BCUT2D eigenvalue weighted by atomic mass is 16.5. The molecule has 3 unspecified atom stereocenters. The van der Waals surface area contributed by atoms with Crippen LogP contribution >= 0.6 is 0 Å². The molecule has 0 aromatic carbocycles. The first-order valence-electron chi connectivity index (χ1n) is 4.97. The minimum Gasteiger partial charge on any atom is -0.380 e. The molecule has 1 N–H and O–H groups in total. The van der Waals surface area contributed by atoms with Crippen LogP contribution in [0.1, 0.15) is 33.1 Å². The van der Waals surface area contributed by atoms with Crippen LogP contribution in [0.5, 0.6) is 0 Å². The second-order valence-electron chi connectivity index (χ2n) is 4.62. The van der Waals surface area contributed by atoms with Crippen LogP contribution < -0.4 is 5.32 Å². The van der Waals surface area contributed by atoms with E-state index in [-0.39, 0.29) is 0 Å². The monoisotopic (exact) mass is 169 g/mol. The average Bonchev–Trinajstić information content (AvgIpc) is 2.00. The smallest absolute Gasteiger partial charge is 0.0725 e. The fourth-order valence-corrected chi connectivity index (χ4v) is 2.98. The summed E-state index contributed by atoms with van der Waals surface area (Å²) < 4.78 is 5.42. The van der Waals surface area contributed by atoms with Crippen molar-refractivity contribution in [2.24, 2.45) is 5.92 Å². The van der Waals surface area contributed by atoms with Crippen molar-refractivity contribution < 1.29 is 4.74 Å². The average molecular weight is 169 g/mol. The third kappa shape index (κ3) is 1.09. The van der Waals surface area contributed by atoms with Gasteiger partial charge in [0.15, 0.2) is 0 Å². The van der Waals surface area contributed by atoms with Crippen LogP contribution in [0.4, 0.5) is 0 Å². The maximum atomic E-state index is 5.42. The minimum absolute atomic E-state index is 0.330. The van der Waals surface area contributed by atoms with Gasteiger partial charge >= 0.3 is 0 Å². The fourth-order valence-electron chi connectivity index (χ4n) is 2.98. The Hall–Kier alpha value is -0.0800. The standard InChI is InChI=1S/C10H19NO/c1-7-4-9-6-10(5-7,11-9)8(2)12-3/h7-9,11H,4-6H2,1-3H3/t7-,8?,9?,10?/m1/s1. The first-order chi connectivity index (χ1) is 5.66. The van der Waals surface area contributed by atoms with Crippen LogP contribution in [-0.2, 0) is 4.74 Å². The molecular weight excluding hydrogens is 150 g/mol. The highest BCUT2D eigenvalue weighted by molar-refractivity contribution is 5.11. The van der Waals surface area contributed by atoms with Crippen molar-refractivity contribution in [1.82, 2.24) is 5.32 Å². The molecule has 70 valence electrons. The van der Waals surface area contributed by atoms with Crippen molar-refractivity contribution in [2.45, 2.75) is 50.8 Å². The van der Waals surface area contributed by atoms with Gasteiger partial charge in [-0.1, -0.05) is 6.92 Å². The number of nitrogens with one attached hydrogen (secondary N) is 1. The number of ether oxygens (including phenoxy) is 1. The maximum absolute atomic E-state index is 5.42. The van der Waals surface area contributed by atoms with Gasteiger partial charge < -0.3 is 10.1 Å². The van der Waals surface area contributed by atoms with Crippen LogP contribution in [0.2, 0.25) is 0 Å². The molecule has 1 aliphatic carbocycles. The summed E-state index contributed by atoms with van der Waals surface area (Å²) in [5.74, 6) is 0.877. The number of methoxy groups -OCH3 is 1. The predicted octanol–water partition coefficient (Wildman–Crippen LogP) is 1.55. The van der Waals surface area contributed by atoms with Gasteiger partial charge in [-0.15, -0.1) is 0 Å². The van der Waals surface area contributed by atoms with Gasteiger partial charge in [0.05, 0.1) is 6.10 Å². The maximum Gasteiger partial charge on any atom is 0.0725 e. The van der Waals surface area contributed by atoms with E-state index < -0.39 is 0 Å². The van der Waals surface area contributed by atoms with Crippen molar-refractivity contribution in [3.63, 3.8) is 0 Å². The molecule has 2 heterocycles. The van der Waals surface area contributed by atoms with E-state index in [1.54, 1.807) is 0 Å². The van der Waals surface area contributed by atoms with Crippen molar-refractivity contribution in [3.05, 3.63) is 0 Å². The van der Waals surface area contributed by atoms with Crippen molar-refractivity contribution in [2.75, 3.05) is 7.11 Å². The van der Waals surface area contributed by atoms with E-state index >= 15 is 0 Å². The van der Waals surface area contributed by atoms with Gasteiger partial charge in [0.2, 0.25) is 0 Å². The molecule has 0 amide bonds. The zero-order valence-corrected chi connectivity index (χ0v) is 8.26. The summed E-state index contributed by atoms with van der Waals surface area (Å²) in [6.45, 7) is 4.53. The topological polar surface area (TPSA) is 21.3 Å². The Kier molecular flexibility index (Phi) is 1.92. The fraction of sp³-hybridized carbons (Fsp3) is 1.00. The molecule has 0 radical (unpaired) electrons. The van der Waals surface area contributed by atoms with Crippen LogP contribution in [0.25, 0.3) is 0 Å². The zero-order chi connectivity index (χ0) is 8.77. The summed E-state index contributed by atoms with van der Waals surface area (Å²) >= 11 is 0. The first-order valence-corrected chi connectivity index (χ1v) is 4.97. The van der Waals surface area contributed by atoms with Crippen molar-refractivity contribution in [1.29, 1.82) is 0 Å². The summed E-state index contributed by atoms with van der Waals surface area (Å²) in [5, 5.41) is 3.65. The molecule has 0 aromatic rings. The van der Waals surface area contributed by atoms with Gasteiger partial charge in [0, 0.05) is 18.7 Å².